The summed E-state index contributed by atoms with van der Waals surface area (Å²) < 4.78 is 9.20. The minimum atomic E-state index is -0.117. The molecule has 3 nitrogen and oxygen atoms in total. The molecule has 1 fully saturated rings. The van der Waals surface area contributed by atoms with E-state index in [2.05, 4.69) is 50.4 Å². The fraction of sp³-hybridized carbons (Fsp3) is 0.643. The van der Waals surface area contributed by atoms with E-state index < -0.39 is 0 Å². The molecule has 1 saturated heterocycles. The number of hydrogen-bond donors (Lipinski definition) is 1. The summed E-state index contributed by atoms with van der Waals surface area (Å²) in [5.41, 5.74) is 3.57. The number of pyridine rings is 1. The maximum Gasteiger partial charge on any atom is 0.117 e. The molecule has 0 saturated carbocycles. The number of ether oxygens (including phenoxy) is 1. The van der Waals surface area contributed by atoms with Gasteiger partial charge < -0.3 is 4.74 Å². The van der Waals surface area contributed by atoms with Crippen LogP contribution in [0, 0.1) is 13.8 Å². The number of aromatic nitrogens is 1. The minimum Gasteiger partial charge on any atom is -0.377 e. The van der Waals surface area contributed by atoms with E-state index in [1.807, 2.05) is 6.20 Å². The molecule has 0 radical (unpaired) electrons. The number of aryl methyl sites for hydroxylation is 1. The van der Waals surface area contributed by atoms with Gasteiger partial charge in [0, 0.05) is 10.9 Å². The Morgan fingerprint density at radius 2 is 2.00 bits per heavy atom. The highest BCUT2D eigenvalue weighted by molar-refractivity contribution is 7.98. The van der Waals surface area contributed by atoms with Crippen LogP contribution in [0.3, 0.4) is 0 Å². The Morgan fingerprint density at radius 3 is 2.50 bits per heavy atom. The zero-order valence-corrected chi connectivity index (χ0v) is 12.6. The van der Waals surface area contributed by atoms with E-state index in [4.69, 9.17) is 4.74 Å². The summed E-state index contributed by atoms with van der Waals surface area (Å²) >= 11 is 1.76. The molecule has 0 spiro atoms. The van der Waals surface area contributed by atoms with Crippen LogP contribution in [0.1, 0.15) is 37.6 Å². The number of nitrogens with one attached hydrogen (secondary N) is 1. The Labute approximate surface area is 114 Å². The molecular weight excluding hydrogens is 244 g/mol. The lowest BCUT2D eigenvalue weighted by Crippen LogP contribution is -2.56. The molecule has 100 valence electrons. The topological polar surface area (TPSA) is 34.2 Å². The smallest absolute Gasteiger partial charge is 0.117 e. The van der Waals surface area contributed by atoms with Gasteiger partial charge in [0.25, 0.3) is 0 Å². The lowest BCUT2D eigenvalue weighted by molar-refractivity contribution is -0.0677. The first-order valence-electron chi connectivity index (χ1n) is 6.30. The van der Waals surface area contributed by atoms with Crippen molar-refractivity contribution >= 4 is 11.9 Å². The summed E-state index contributed by atoms with van der Waals surface area (Å²) in [4.78, 5) is 4.58. The Kier molecular flexibility index (Phi) is 3.72. The van der Waals surface area contributed by atoms with Crippen LogP contribution in [0.2, 0.25) is 0 Å². The van der Waals surface area contributed by atoms with E-state index in [-0.39, 0.29) is 10.3 Å². The van der Waals surface area contributed by atoms with Crippen molar-refractivity contribution in [2.24, 2.45) is 0 Å². The van der Waals surface area contributed by atoms with E-state index in [9.17, 15) is 0 Å². The van der Waals surface area contributed by atoms with Crippen molar-refractivity contribution in [1.29, 1.82) is 0 Å². The van der Waals surface area contributed by atoms with Crippen molar-refractivity contribution in [2.75, 3.05) is 13.2 Å². The average Bonchev–Trinajstić information content (AvgIpc) is 2.21. The van der Waals surface area contributed by atoms with Crippen LogP contribution in [0.15, 0.2) is 12.3 Å². The Hall–Kier alpha value is -0.580. The summed E-state index contributed by atoms with van der Waals surface area (Å²) in [6, 6.07) is 2.06. The van der Waals surface area contributed by atoms with Gasteiger partial charge >= 0.3 is 0 Å². The maximum atomic E-state index is 5.44. The summed E-state index contributed by atoms with van der Waals surface area (Å²) in [7, 11) is 0. The number of hydrogen-bond acceptors (Lipinski definition) is 4. The van der Waals surface area contributed by atoms with Crippen LogP contribution in [-0.2, 0) is 10.3 Å². The molecule has 2 heterocycles. The van der Waals surface area contributed by atoms with E-state index in [0.29, 0.717) is 13.2 Å². The van der Waals surface area contributed by atoms with Crippen LogP contribution in [0.4, 0.5) is 0 Å². The van der Waals surface area contributed by atoms with Gasteiger partial charge in [-0.15, -0.1) is 0 Å². The average molecular weight is 266 g/mol. The van der Waals surface area contributed by atoms with Gasteiger partial charge in [-0.05, 0) is 51.8 Å². The number of nitrogens with zero attached hydrogens (tertiary/aromatic N) is 1. The second-order valence-electron chi connectivity index (χ2n) is 5.99. The molecule has 1 N–H and O–H groups in total. The van der Waals surface area contributed by atoms with Crippen molar-refractivity contribution in [1.82, 2.24) is 9.71 Å². The van der Waals surface area contributed by atoms with Crippen LogP contribution in [-0.4, -0.2) is 22.9 Å². The van der Waals surface area contributed by atoms with Gasteiger partial charge in [0.05, 0.1) is 18.9 Å². The second kappa shape index (κ2) is 4.83. The largest absolute Gasteiger partial charge is 0.377 e. The normalized spacial score (nSPS) is 18.5. The van der Waals surface area contributed by atoms with Gasteiger partial charge in [0.1, 0.15) is 5.54 Å². The van der Waals surface area contributed by atoms with Crippen molar-refractivity contribution in [3.05, 3.63) is 29.1 Å². The lowest BCUT2D eigenvalue weighted by atomic mass is 9.89. The molecular formula is C14H22N2OS. The predicted molar refractivity (Wildman–Crippen MR) is 76.7 cm³/mol. The number of rotatable bonds is 3. The Bertz CT molecular complexity index is 436. The quantitative estimate of drug-likeness (QED) is 0.853. The highest BCUT2D eigenvalue weighted by atomic mass is 32.2. The van der Waals surface area contributed by atoms with E-state index in [1.54, 1.807) is 11.9 Å². The molecule has 0 atom stereocenters. The summed E-state index contributed by atoms with van der Waals surface area (Å²) in [6.45, 7) is 12.3. The lowest BCUT2D eigenvalue weighted by Gasteiger charge is -2.43. The molecule has 0 aliphatic carbocycles. The monoisotopic (exact) mass is 266 g/mol. The predicted octanol–water partition coefficient (Wildman–Crippen LogP) is 2.96. The third-order valence-electron chi connectivity index (χ3n) is 3.18. The molecule has 0 aromatic carbocycles. The molecule has 1 aromatic heterocycles. The first-order valence-corrected chi connectivity index (χ1v) is 7.11. The van der Waals surface area contributed by atoms with Crippen molar-refractivity contribution in [3.8, 4) is 0 Å². The van der Waals surface area contributed by atoms with E-state index in [1.165, 1.54) is 11.1 Å². The third kappa shape index (κ3) is 2.71. The molecule has 1 aromatic rings. The summed E-state index contributed by atoms with van der Waals surface area (Å²) in [5, 5.41) is 0. The summed E-state index contributed by atoms with van der Waals surface area (Å²) in [5.74, 6) is 0. The molecule has 0 amide bonds. The standard InChI is InChI=1S/C14H22N2OS/c1-10-6-7-15-12(11(10)2)14(8-17-9-14)16-18-13(3,4)5/h6-7,16H,8-9H2,1-5H3. The molecule has 18 heavy (non-hydrogen) atoms. The zero-order chi connectivity index (χ0) is 13.4. The van der Waals surface area contributed by atoms with Crippen molar-refractivity contribution in [3.63, 3.8) is 0 Å². The van der Waals surface area contributed by atoms with Gasteiger partial charge in [0.2, 0.25) is 0 Å². The maximum absolute atomic E-state index is 5.44. The van der Waals surface area contributed by atoms with Crippen molar-refractivity contribution < 1.29 is 4.74 Å². The van der Waals surface area contributed by atoms with E-state index in [0.717, 1.165) is 5.69 Å². The summed E-state index contributed by atoms with van der Waals surface area (Å²) in [6.07, 6.45) is 1.89. The van der Waals surface area contributed by atoms with Gasteiger partial charge in [-0.2, -0.15) is 0 Å². The molecule has 2 rings (SSSR count). The van der Waals surface area contributed by atoms with Gasteiger partial charge in [-0.3, -0.25) is 4.98 Å². The van der Waals surface area contributed by atoms with Crippen LogP contribution in [0.25, 0.3) is 0 Å². The molecule has 4 heteroatoms. The Balaban J connectivity index is 2.24. The van der Waals surface area contributed by atoms with Crippen LogP contribution < -0.4 is 4.72 Å². The molecule has 0 bridgehead atoms. The Morgan fingerprint density at radius 1 is 1.33 bits per heavy atom. The van der Waals surface area contributed by atoms with Gasteiger partial charge in [-0.1, -0.05) is 11.9 Å². The molecule has 0 unspecified atom stereocenters. The van der Waals surface area contributed by atoms with Crippen LogP contribution >= 0.6 is 11.9 Å². The fourth-order valence-corrected chi connectivity index (χ4v) is 2.63. The van der Waals surface area contributed by atoms with Crippen molar-refractivity contribution in [2.45, 2.75) is 44.9 Å². The van der Waals surface area contributed by atoms with E-state index >= 15 is 0 Å². The van der Waals surface area contributed by atoms with Crippen LogP contribution in [0.5, 0.6) is 0 Å². The first-order chi connectivity index (χ1) is 8.34. The highest BCUT2D eigenvalue weighted by Gasteiger charge is 2.43. The second-order valence-corrected chi connectivity index (χ2v) is 7.63. The van der Waals surface area contributed by atoms with Gasteiger partial charge in [0.15, 0.2) is 0 Å². The minimum absolute atomic E-state index is 0.117. The molecule has 1 aliphatic heterocycles. The zero-order valence-electron chi connectivity index (χ0n) is 11.8. The first kappa shape index (κ1) is 13.8. The SMILES string of the molecule is Cc1ccnc(C2(NSC(C)(C)C)COC2)c1C. The third-order valence-corrected chi connectivity index (χ3v) is 4.28. The fourth-order valence-electron chi connectivity index (χ4n) is 1.92. The van der Waals surface area contributed by atoms with Gasteiger partial charge in [-0.25, -0.2) is 4.72 Å². The highest BCUT2D eigenvalue weighted by Crippen LogP contribution is 2.35. The molecule has 1 aliphatic rings.